The number of aliphatic carboxylic acids is 1. The van der Waals surface area contributed by atoms with Gasteiger partial charge in [0.2, 0.25) is 0 Å². The Morgan fingerprint density at radius 2 is 1.08 bits per heavy atom. The van der Waals surface area contributed by atoms with Gasteiger partial charge in [0.25, 0.3) is 0 Å². The number of esters is 1. The van der Waals surface area contributed by atoms with Crippen LogP contribution in [-0.2, 0) is 23.8 Å². The fraction of sp³-hybridized carbons (Fsp3) is 0.294. The molecule has 0 bridgehead atoms. The molecule has 0 spiro atoms. The molecule has 0 aliphatic heterocycles. The third-order valence-corrected chi connectivity index (χ3v) is 10.8. The van der Waals surface area contributed by atoms with Crippen molar-refractivity contribution < 1.29 is 28.9 Å². The van der Waals surface area contributed by atoms with Gasteiger partial charge in [-0.1, -0.05) is 99.5 Å². The Hall–Kier alpha value is -4.68. The number of fused-ring (bicyclic) bond motifs is 2. The average Bonchev–Trinajstić information content (AvgIpc) is 3.14. The summed E-state index contributed by atoms with van der Waals surface area (Å²) >= 11 is 16.3. The van der Waals surface area contributed by atoms with Gasteiger partial charge in [0.05, 0.1) is 11.2 Å². The molecule has 6 aromatic carbocycles. The Balaban J connectivity index is 1.45. The topological polar surface area (TPSA) is 82.1 Å². The first kappa shape index (κ1) is 44.9. The summed E-state index contributed by atoms with van der Waals surface area (Å²) in [6.45, 7) is 18.6. The number of hydrogen-bond acceptors (Lipinski definition) is 5. The van der Waals surface area contributed by atoms with Gasteiger partial charge in [0.1, 0.15) is 0 Å². The summed E-state index contributed by atoms with van der Waals surface area (Å²) in [4.78, 5) is 27.5. The number of aryl methyl sites for hydroxylation is 2. The highest BCUT2D eigenvalue weighted by Crippen LogP contribution is 2.44. The third kappa shape index (κ3) is 10.4. The molecule has 0 amide bonds. The van der Waals surface area contributed by atoms with E-state index in [1.807, 2.05) is 134 Å². The van der Waals surface area contributed by atoms with Crippen LogP contribution in [0.3, 0.4) is 0 Å². The lowest BCUT2D eigenvalue weighted by molar-refractivity contribution is -0.175. The number of ether oxygens (including phenoxy) is 3. The van der Waals surface area contributed by atoms with Crippen LogP contribution in [0.1, 0.15) is 95.4 Å². The molecule has 6 aromatic rings. The number of rotatable bonds is 9. The molecule has 0 aliphatic carbocycles. The fourth-order valence-electron chi connectivity index (χ4n) is 7.40. The highest BCUT2D eigenvalue weighted by atomic mass is 79.9. The van der Waals surface area contributed by atoms with Crippen molar-refractivity contribution in [3.05, 3.63) is 139 Å². The van der Waals surface area contributed by atoms with Crippen LogP contribution in [0.2, 0.25) is 10.0 Å². The van der Waals surface area contributed by atoms with Crippen LogP contribution >= 0.6 is 39.1 Å². The molecule has 1 N–H and O–H groups in total. The minimum Gasteiger partial charge on any atom is -0.479 e. The van der Waals surface area contributed by atoms with E-state index in [9.17, 15) is 14.7 Å². The third-order valence-electron chi connectivity index (χ3n) is 9.77. The zero-order chi connectivity index (χ0) is 43.9. The molecule has 6 rings (SSSR count). The van der Waals surface area contributed by atoms with Gasteiger partial charge in [-0.05, 0) is 173 Å². The Kier molecular flexibility index (Phi) is 13.0. The van der Waals surface area contributed by atoms with Crippen LogP contribution in [0.25, 0.3) is 43.8 Å². The lowest BCUT2D eigenvalue weighted by Gasteiger charge is -2.31. The first-order valence-corrected chi connectivity index (χ1v) is 21.2. The van der Waals surface area contributed by atoms with Gasteiger partial charge in [-0.2, -0.15) is 0 Å². The molecule has 60 heavy (non-hydrogen) atoms. The van der Waals surface area contributed by atoms with E-state index in [2.05, 4.69) is 33.8 Å². The molecule has 310 valence electrons. The van der Waals surface area contributed by atoms with E-state index in [0.29, 0.717) is 32.3 Å². The largest absolute Gasteiger partial charge is 0.479 e. The van der Waals surface area contributed by atoms with Crippen molar-refractivity contribution in [2.75, 3.05) is 0 Å². The lowest BCUT2D eigenvalue weighted by atomic mass is 9.86. The Morgan fingerprint density at radius 1 is 0.633 bits per heavy atom. The minimum absolute atomic E-state index is 0.547. The molecule has 6 nitrogen and oxygen atoms in total. The Labute approximate surface area is 371 Å². The first-order chi connectivity index (χ1) is 28.0. The molecule has 2 atom stereocenters. The predicted molar refractivity (Wildman–Crippen MR) is 248 cm³/mol. The molecule has 0 saturated heterocycles. The van der Waals surface area contributed by atoms with E-state index >= 15 is 0 Å². The number of carbonyl (C=O) groups excluding carboxylic acids is 1. The van der Waals surface area contributed by atoms with Crippen molar-refractivity contribution in [3.8, 4) is 34.1 Å². The number of carboxylic acid groups (broad SMARTS) is 1. The quantitative estimate of drug-likeness (QED) is 0.115. The predicted octanol–water partition coefficient (Wildman–Crippen LogP) is 14.2. The van der Waals surface area contributed by atoms with E-state index in [-0.39, 0.29) is 0 Å². The highest BCUT2D eigenvalue weighted by molar-refractivity contribution is 9.10. The van der Waals surface area contributed by atoms with Crippen molar-refractivity contribution in [2.45, 2.75) is 98.2 Å². The van der Waals surface area contributed by atoms with Crippen LogP contribution in [-0.4, -0.2) is 33.8 Å². The van der Waals surface area contributed by atoms with Crippen molar-refractivity contribution in [1.82, 2.24) is 0 Å². The van der Waals surface area contributed by atoms with E-state index in [0.717, 1.165) is 53.8 Å². The number of benzene rings is 6. The summed E-state index contributed by atoms with van der Waals surface area (Å²) in [5, 5.41) is 15.3. The van der Waals surface area contributed by atoms with Gasteiger partial charge in [-0.15, -0.1) is 0 Å². The van der Waals surface area contributed by atoms with E-state index < -0.39 is 40.9 Å². The minimum atomic E-state index is -1.26. The summed E-state index contributed by atoms with van der Waals surface area (Å²) in [6.07, 6.45) is -2.36. The molecule has 0 aromatic heterocycles. The van der Waals surface area contributed by atoms with Crippen molar-refractivity contribution >= 4 is 72.6 Å². The van der Waals surface area contributed by atoms with E-state index in [1.165, 1.54) is 0 Å². The number of carbonyl (C=O) groups is 2. The van der Waals surface area contributed by atoms with E-state index in [4.69, 9.17) is 37.4 Å². The van der Waals surface area contributed by atoms with Crippen LogP contribution in [0.15, 0.2) is 102 Å². The zero-order valence-electron chi connectivity index (χ0n) is 35.5. The summed E-state index contributed by atoms with van der Waals surface area (Å²) in [5.41, 5.74) is 4.02. The maximum absolute atomic E-state index is 14.6. The summed E-state index contributed by atoms with van der Waals surface area (Å²) in [5.74, 6) is 4.78. The van der Waals surface area contributed by atoms with Crippen LogP contribution < -0.4 is 0 Å². The maximum Gasteiger partial charge on any atom is 0.341 e. The molecule has 0 saturated carbocycles. The normalized spacial score (nSPS) is 13.2. The summed E-state index contributed by atoms with van der Waals surface area (Å²) in [7, 11) is 0. The highest BCUT2D eigenvalue weighted by Gasteiger charge is 2.36. The van der Waals surface area contributed by atoms with Crippen LogP contribution in [0, 0.1) is 25.7 Å². The lowest BCUT2D eigenvalue weighted by Crippen LogP contribution is -2.34. The van der Waals surface area contributed by atoms with Gasteiger partial charge in [-0.25, -0.2) is 9.59 Å². The molecule has 9 heteroatoms. The van der Waals surface area contributed by atoms with Gasteiger partial charge in [0, 0.05) is 31.2 Å². The number of halogens is 3. The molecule has 0 fully saturated rings. The molecular formula is C51H49BrCl2O6. The smallest absolute Gasteiger partial charge is 0.341 e. The second kappa shape index (κ2) is 17.4. The monoisotopic (exact) mass is 906 g/mol. The molecule has 2 unspecified atom stereocenters. The molecule has 0 aliphatic rings. The molecule has 0 heterocycles. The van der Waals surface area contributed by atoms with Crippen LogP contribution in [0.4, 0.5) is 0 Å². The Morgan fingerprint density at radius 3 is 1.57 bits per heavy atom. The maximum atomic E-state index is 14.6. The summed E-state index contributed by atoms with van der Waals surface area (Å²) in [6, 6.07) is 30.8. The van der Waals surface area contributed by atoms with Crippen molar-refractivity contribution in [2.24, 2.45) is 0 Å². The SMILES string of the molecule is Cc1cc2ccc(C#CC(C)(C)OC(=O)C(OC(C)(C)C)c3c(C)cc4ccc(Br)cc4c3-c3ccc(Cl)cc3)cc2c(-c2ccc(Cl)cc2)c1C(OC(C)(C)C)C(=O)O. The number of hydrogen-bond donors (Lipinski definition) is 1. The molecule has 0 radical (unpaired) electrons. The number of carboxylic acids is 1. The first-order valence-electron chi connectivity index (χ1n) is 19.7. The second-order valence-electron chi connectivity index (χ2n) is 17.5. The van der Waals surface area contributed by atoms with Crippen LogP contribution in [0.5, 0.6) is 0 Å². The second-order valence-corrected chi connectivity index (χ2v) is 19.3. The van der Waals surface area contributed by atoms with Gasteiger partial charge >= 0.3 is 11.9 Å². The van der Waals surface area contributed by atoms with Gasteiger partial charge in [0.15, 0.2) is 17.8 Å². The van der Waals surface area contributed by atoms with Gasteiger partial charge < -0.3 is 19.3 Å². The standard InChI is InChI=1S/C51H49BrCl2O6/c1-29-25-34-12-11-31(27-39(34)43(32-14-19-37(53)20-15-32)41(29)45(47(55)56)58-49(3,4)5)23-24-51(9,10)60-48(57)46(59-50(6,7)8)42-30(2)26-35-13-18-36(52)28-40(35)44(42)33-16-21-38(54)22-17-33/h11-22,25-28,45-46H,1-10H3,(H,55,56). The van der Waals surface area contributed by atoms with Gasteiger partial charge in [-0.3, -0.25) is 0 Å². The Bertz CT molecular complexity index is 2680. The fourth-order valence-corrected chi connectivity index (χ4v) is 8.02. The molecular weight excluding hydrogens is 859 g/mol. The zero-order valence-corrected chi connectivity index (χ0v) is 38.6. The average molecular weight is 909 g/mol. The summed E-state index contributed by atoms with van der Waals surface area (Å²) < 4.78 is 20.0. The van der Waals surface area contributed by atoms with E-state index in [1.54, 1.807) is 26.0 Å². The van der Waals surface area contributed by atoms with Crippen molar-refractivity contribution in [1.29, 1.82) is 0 Å². The van der Waals surface area contributed by atoms with Crippen molar-refractivity contribution in [3.63, 3.8) is 0 Å².